The molecule has 4 rings (SSSR count). The molecule has 0 aliphatic carbocycles. The lowest BCUT2D eigenvalue weighted by molar-refractivity contribution is 0.179. The second kappa shape index (κ2) is 7.03. The standard InChI is InChI=1S/C17H26N6O/c24-17-15-16(19-12-23(17)14-21-9-5-2-6-10-21)22(11-18-15)13-20-7-3-1-4-8-20/h11-12H,1-10,13-14H2. The first-order valence-corrected chi connectivity index (χ1v) is 9.16. The van der Waals surface area contributed by atoms with Gasteiger partial charge in [0.05, 0.1) is 19.7 Å². The van der Waals surface area contributed by atoms with Crippen LogP contribution in [0.25, 0.3) is 11.2 Å². The average Bonchev–Trinajstić information content (AvgIpc) is 3.03. The molecule has 130 valence electrons. The molecule has 7 nitrogen and oxygen atoms in total. The number of piperidine rings is 2. The van der Waals surface area contributed by atoms with Crippen LogP contribution < -0.4 is 5.56 Å². The number of hydrogen-bond donors (Lipinski definition) is 0. The van der Waals surface area contributed by atoms with Crippen molar-refractivity contribution in [2.75, 3.05) is 26.2 Å². The SMILES string of the molecule is O=c1c2ncn(CN3CCCCC3)c2ncn1CN1CCCCC1. The van der Waals surface area contributed by atoms with Gasteiger partial charge in [-0.15, -0.1) is 0 Å². The van der Waals surface area contributed by atoms with E-state index in [0.717, 1.165) is 32.8 Å². The Morgan fingerprint density at radius 3 is 1.92 bits per heavy atom. The molecule has 0 N–H and O–H groups in total. The summed E-state index contributed by atoms with van der Waals surface area (Å²) in [5.74, 6) is 0. The fourth-order valence-corrected chi connectivity index (χ4v) is 3.81. The zero-order valence-electron chi connectivity index (χ0n) is 14.2. The fourth-order valence-electron chi connectivity index (χ4n) is 3.81. The van der Waals surface area contributed by atoms with Crippen molar-refractivity contribution >= 4 is 11.2 Å². The Balaban J connectivity index is 1.54. The fraction of sp³-hybridized carbons (Fsp3) is 0.706. The van der Waals surface area contributed by atoms with E-state index in [1.165, 1.54) is 38.5 Å². The van der Waals surface area contributed by atoms with E-state index in [-0.39, 0.29) is 5.56 Å². The predicted molar refractivity (Wildman–Crippen MR) is 92.6 cm³/mol. The summed E-state index contributed by atoms with van der Waals surface area (Å²) >= 11 is 0. The molecule has 0 amide bonds. The highest BCUT2D eigenvalue weighted by atomic mass is 16.1. The topological polar surface area (TPSA) is 59.2 Å². The van der Waals surface area contributed by atoms with Gasteiger partial charge in [0.25, 0.3) is 5.56 Å². The molecular weight excluding hydrogens is 304 g/mol. The Hall–Kier alpha value is -1.73. The second-order valence-electron chi connectivity index (χ2n) is 7.05. The number of rotatable bonds is 4. The smallest absolute Gasteiger partial charge is 0.282 e. The van der Waals surface area contributed by atoms with Gasteiger partial charge >= 0.3 is 0 Å². The van der Waals surface area contributed by atoms with Crippen molar-refractivity contribution in [1.29, 1.82) is 0 Å². The second-order valence-corrected chi connectivity index (χ2v) is 7.05. The maximum atomic E-state index is 12.7. The molecule has 0 atom stereocenters. The van der Waals surface area contributed by atoms with Crippen LogP contribution in [0.2, 0.25) is 0 Å². The van der Waals surface area contributed by atoms with Crippen molar-refractivity contribution in [1.82, 2.24) is 28.9 Å². The van der Waals surface area contributed by atoms with E-state index < -0.39 is 0 Å². The van der Waals surface area contributed by atoms with Crippen molar-refractivity contribution in [3.05, 3.63) is 23.0 Å². The van der Waals surface area contributed by atoms with Crippen LogP contribution in [0, 0.1) is 0 Å². The van der Waals surface area contributed by atoms with Gasteiger partial charge in [0, 0.05) is 0 Å². The van der Waals surface area contributed by atoms with Crippen LogP contribution in [0.15, 0.2) is 17.4 Å². The molecule has 0 saturated carbocycles. The van der Waals surface area contributed by atoms with E-state index in [4.69, 9.17) is 0 Å². The molecule has 2 fully saturated rings. The van der Waals surface area contributed by atoms with E-state index in [1.807, 2.05) is 4.57 Å². The Morgan fingerprint density at radius 2 is 1.29 bits per heavy atom. The number of hydrogen-bond acceptors (Lipinski definition) is 5. The molecular formula is C17H26N6O. The van der Waals surface area contributed by atoms with Crippen LogP contribution in [0.5, 0.6) is 0 Å². The van der Waals surface area contributed by atoms with Crippen molar-refractivity contribution < 1.29 is 0 Å². The third-order valence-corrected chi connectivity index (χ3v) is 5.20. The number of nitrogens with zero attached hydrogens (tertiary/aromatic N) is 6. The molecule has 4 heterocycles. The number of imidazole rings is 1. The maximum absolute atomic E-state index is 12.7. The molecule has 2 aromatic rings. The summed E-state index contributed by atoms with van der Waals surface area (Å²) in [5, 5.41) is 0. The maximum Gasteiger partial charge on any atom is 0.282 e. The lowest BCUT2D eigenvalue weighted by atomic mass is 10.1. The van der Waals surface area contributed by atoms with E-state index in [2.05, 4.69) is 19.8 Å². The summed E-state index contributed by atoms with van der Waals surface area (Å²) in [5.41, 5.74) is 1.18. The van der Waals surface area contributed by atoms with E-state index >= 15 is 0 Å². The Morgan fingerprint density at radius 1 is 0.750 bits per heavy atom. The van der Waals surface area contributed by atoms with Crippen LogP contribution in [0.1, 0.15) is 38.5 Å². The van der Waals surface area contributed by atoms with Gasteiger partial charge < -0.3 is 4.57 Å². The van der Waals surface area contributed by atoms with Crippen molar-refractivity contribution in [3.63, 3.8) is 0 Å². The average molecular weight is 330 g/mol. The number of fused-ring (bicyclic) bond motifs is 1. The molecule has 2 saturated heterocycles. The minimum atomic E-state index is -0.0250. The zero-order chi connectivity index (χ0) is 16.4. The lowest BCUT2D eigenvalue weighted by Crippen LogP contribution is -2.36. The van der Waals surface area contributed by atoms with Crippen LogP contribution in [0.4, 0.5) is 0 Å². The van der Waals surface area contributed by atoms with Gasteiger partial charge in [-0.2, -0.15) is 0 Å². The first-order chi connectivity index (χ1) is 11.8. The van der Waals surface area contributed by atoms with E-state index in [1.54, 1.807) is 17.2 Å². The summed E-state index contributed by atoms with van der Waals surface area (Å²) in [7, 11) is 0. The van der Waals surface area contributed by atoms with Gasteiger partial charge in [0.15, 0.2) is 11.2 Å². The van der Waals surface area contributed by atoms with Crippen LogP contribution in [-0.4, -0.2) is 55.1 Å². The molecule has 24 heavy (non-hydrogen) atoms. The van der Waals surface area contributed by atoms with Crippen molar-refractivity contribution in [2.45, 2.75) is 51.9 Å². The van der Waals surface area contributed by atoms with Gasteiger partial charge in [-0.25, -0.2) is 9.97 Å². The Labute approximate surface area is 141 Å². The first-order valence-electron chi connectivity index (χ1n) is 9.16. The first kappa shape index (κ1) is 15.8. The van der Waals surface area contributed by atoms with Gasteiger partial charge in [-0.05, 0) is 51.9 Å². The molecule has 0 bridgehead atoms. The van der Waals surface area contributed by atoms with Crippen LogP contribution >= 0.6 is 0 Å². The highest BCUT2D eigenvalue weighted by Crippen LogP contribution is 2.13. The summed E-state index contributed by atoms with van der Waals surface area (Å²) in [6.07, 6.45) is 11.0. The molecule has 2 aromatic heterocycles. The van der Waals surface area contributed by atoms with Crippen LogP contribution in [-0.2, 0) is 13.3 Å². The van der Waals surface area contributed by atoms with Gasteiger partial charge in [0.1, 0.15) is 6.33 Å². The largest absolute Gasteiger partial charge is 0.301 e. The molecule has 0 aromatic carbocycles. The van der Waals surface area contributed by atoms with E-state index in [0.29, 0.717) is 17.8 Å². The minimum Gasteiger partial charge on any atom is -0.301 e. The Kier molecular flexibility index (Phi) is 4.62. The summed E-state index contributed by atoms with van der Waals surface area (Å²) in [6, 6.07) is 0. The quantitative estimate of drug-likeness (QED) is 0.850. The summed E-state index contributed by atoms with van der Waals surface area (Å²) < 4.78 is 3.71. The Bertz CT molecular complexity index is 739. The molecule has 7 heteroatoms. The molecule has 0 spiro atoms. The predicted octanol–water partition coefficient (Wildman–Crippen LogP) is 1.48. The molecule has 0 radical (unpaired) electrons. The monoisotopic (exact) mass is 330 g/mol. The van der Waals surface area contributed by atoms with Crippen LogP contribution in [0.3, 0.4) is 0 Å². The molecule has 0 unspecified atom stereocenters. The number of likely N-dealkylation sites (tertiary alicyclic amines) is 2. The minimum absolute atomic E-state index is 0.0250. The summed E-state index contributed by atoms with van der Waals surface area (Å²) in [6.45, 7) is 5.76. The highest BCUT2D eigenvalue weighted by molar-refractivity contribution is 5.68. The number of aromatic nitrogens is 4. The normalized spacial score (nSPS) is 20.7. The molecule has 2 aliphatic heterocycles. The van der Waals surface area contributed by atoms with Crippen molar-refractivity contribution in [2.24, 2.45) is 0 Å². The van der Waals surface area contributed by atoms with E-state index in [9.17, 15) is 4.79 Å². The molecule has 2 aliphatic rings. The summed E-state index contributed by atoms with van der Waals surface area (Å²) in [4.78, 5) is 26.3. The zero-order valence-corrected chi connectivity index (χ0v) is 14.2. The van der Waals surface area contributed by atoms with Crippen molar-refractivity contribution in [3.8, 4) is 0 Å². The van der Waals surface area contributed by atoms with Gasteiger partial charge in [-0.3, -0.25) is 19.2 Å². The third-order valence-electron chi connectivity index (χ3n) is 5.20. The lowest BCUT2D eigenvalue weighted by Gasteiger charge is -2.27. The van der Waals surface area contributed by atoms with Gasteiger partial charge in [0.2, 0.25) is 0 Å². The third kappa shape index (κ3) is 3.23. The highest BCUT2D eigenvalue weighted by Gasteiger charge is 2.16. The van der Waals surface area contributed by atoms with Gasteiger partial charge in [-0.1, -0.05) is 12.8 Å².